The molecule has 1 aromatic carbocycles. The summed E-state index contributed by atoms with van der Waals surface area (Å²) in [6, 6.07) is 4.17. The summed E-state index contributed by atoms with van der Waals surface area (Å²) in [5, 5.41) is 3.11. The molecule has 118 valence electrons. The lowest BCUT2D eigenvalue weighted by molar-refractivity contribution is -0.137. The topological polar surface area (TPSA) is 21.3 Å². The first-order valence-corrected chi connectivity index (χ1v) is 7.33. The fraction of sp³-hybridized carbons (Fsp3) is 0.625. The minimum Gasteiger partial charge on any atom is -0.497 e. The van der Waals surface area contributed by atoms with Crippen LogP contribution in [0, 0.1) is 11.8 Å². The van der Waals surface area contributed by atoms with Gasteiger partial charge in [0.05, 0.1) is 12.7 Å². The Bertz CT molecular complexity index is 487. The molecule has 0 aromatic heterocycles. The van der Waals surface area contributed by atoms with Gasteiger partial charge in [0.1, 0.15) is 5.75 Å². The molecule has 1 saturated carbocycles. The monoisotopic (exact) mass is 301 g/mol. The van der Waals surface area contributed by atoms with E-state index in [4.69, 9.17) is 4.74 Å². The zero-order valence-electron chi connectivity index (χ0n) is 12.6. The highest BCUT2D eigenvalue weighted by Crippen LogP contribution is 2.39. The summed E-state index contributed by atoms with van der Waals surface area (Å²) in [5.41, 5.74) is -0.512. The van der Waals surface area contributed by atoms with Crippen molar-refractivity contribution in [2.24, 2.45) is 11.8 Å². The summed E-state index contributed by atoms with van der Waals surface area (Å²) in [5.74, 6) is 1.15. The van der Waals surface area contributed by atoms with Crippen LogP contribution >= 0.6 is 0 Å². The summed E-state index contributed by atoms with van der Waals surface area (Å²) >= 11 is 0. The average molecular weight is 301 g/mol. The van der Waals surface area contributed by atoms with Crippen molar-refractivity contribution >= 4 is 5.69 Å². The fourth-order valence-electron chi connectivity index (χ4n) is 2.94. The second kappa shape index (κ2) is 6.16. The zero-order chi connectivity index (χ0) is 15.6. The zero-order valence-corrected chi connectivity index (χ0v) is 12.6. The lowest BCUT2D eigenvalue weighted by atomic mass is 9.80. The van der Waals surface area contributed by atoms with Crippen LogP contribution < -0.4 is 10.1 Å². The van der Waals surface area contributed by atoms with E-state index in [2.05, 4.69) is 19.2 Å². The number of halogens is 3. The number of benzene rings is 1. The fourth-order valence-corrected chi connectivity index (χ4v) is 2.94. The number of hydrogen-bond acceptors (Lipinski definition) is 2. The van der Waals surface area contributed by atoms with Crippen molar-refractivity contribution < 1.29 is 17.9 Å². The molecule has 1 aliphatic carbocycles. The third-order valence-corrected chi connectivity index (χ3v) is 4.33. The molecule has 5 heteroatoms. The predicted octanol–water partition coefficient (Wildman–Crippen LogP) is 4.95. The molecule has 0 spiro atoms. The van der Waals surface area contributed by atoms with E-state index in [1.54, 1.807) is 6.07 Å². The van der Waals surface area contributed by atoms with Gasteiger partial charge in [0, 0.05) is 11.7 Å². The van der Waals surface area contributed by atoms with E-state index in [1.165, 1.54) is 13.2 Å². The van der Waals surface area contributed by atoms with Crippen LogP contribution in [-0.4, -0.2) is 13.2 Å². The van der Waals surface area contributed by atoms with Crippen molar-refractivity contribution in [1.82, 2.24) is 0 Å². The van der Waals surface area contributed by atoms with E-state index in [1.807, 2.05) is 0 Å². The summed E-state index contributed by atoms with van der Waals surface area (Å²) in [6.07, 6.45) is -1.28. The Labute approximate surface area is 123 Å². The van der Waals surface area contributed by atoms with Gasteiger partial charge in [0.15, 0.2) is 0 Å². The van der Waals surface area contributed by atoms with Gasteiger partial charge in [-0.3, -0.25) is 0 Å². The first-order valence-electron chi connectivity index (χ1n) is 7.33. The highest BCUT2D eigenvalue weighted by atomic mass is 19.4. The third-order valence-electron chi connectivity index (χ3n) is 4.33. The Morgan fingerprint density at radius 3 is 2.52 bits per heavy atom. The van der Waals surface area contributed by atoms with Crippen molar-refractivity contribution in [1.29, 1.82) is 0 Å². The van der Waals surface area contributed by atoms with Crippen molar-refractivity contribution in [3.63, 3.8) is 0 Å². The number of nitrogens with one attached hydrogen (secondary N) is 1. The van der Waals surface area contributed by atoms with E-state index < -0.39 is 11.7 Å². The molecular weight excluding hydrogens is 279 g/mol. The molecule has 21 heavy (non-hydrogen) atoms. The molecule has 1 aliphatic rings. The SMILES string of the molecule is COc1ccc(NC2CC(C)CCC2C)c(C(F)(F)F)c1. The summed E-state index contributed by atoms with van der Waals surface area (Å²) in [4.78, 5) is 0. The Kier molecular flexibility index (Phi) is 4.69. The number of alkyl halides is 3. The maximum absolute atomic E-state index is 13.2. The maximum atomic E-state index is 13.2. The highest BCUT2D eigenvalue weighted by Gasteiger charge is 2.35. The van der Waals surface area contributed by atoms with Crippen LogP contribution in [0.25, 0.3) is 0 Å². The second-order valence-electron chi connectivity index (χ2n) is 6.06. The smallest absolute Gasteiger partial charge is 0.418 e. The van der Waals surface area contributed by atoms with Crippen LogP contribution in [-0.2, 0) is 6.18 Å². The molecular formula is C16H22F3NO. The molecule has 0 aliphatic heterocycles. The van der Waals surface area contributed by atoms with Gasteiger partial charge in [-0.2, -0.15) is 13.2 Å². The quantitative estimate of drug-likeness (QED) is 0.853. The number of anilines is 1. The molecule has 2 rings (SSSR count). The van der Waals surface area contributed by atoms with Crippen LogP contribution in [0.4, 0.5) is 18.9 Å². The molecule has 0 saturated heterocycles. The normalized spacial score (nSPS) is 26.5. The number of rotatable bonds is 3. The Hall–Kier alpha value is -1.39. The Balaban J connectivity index is 2.26. The molecule has 0 bridgehead atoms. The lowest BCUT2D eigenvalue weighted by Gasteiger charge is -2.34. The minimum absolute atomic E-state index is 0.0863. The van der Waals surface area contributed by atoms with Crippen molar-refractivity contribution in [2.45, 2.75) is 45.3 Å². The molecule has 0 heterocycles. The van der Waals surface area contributed by atoms with Gasteiger partial charge >= 0.3 is 6.18 Å². The summed E-state index contributed by atoms with van der Waals surface area (Å²) < 4.78 is 44.5. The second-order valence-corrected chi connectivity index (χ2v) is 6.06. The molecule has 0 radical (unpaired) electrons. The molecule has 1 N–H and O–H groups in total. The number of methoxy groups -OCH3 is 1. The molecule has 0 amide bonds. The Morgan fingerprint density at radius 1 is 1.19 bits per heavy atom. The van der Waals surface area contributed by atoms with Crippen molar-refractivity contribution in [2.75, 3.05) is 12.4 Å². The maximum Gasteiger partial charge on any atom is 0.418 e. The van der Waals surface area contributed by atoms with Gasteiger partial charge in [0.2, 0.25) is 0 Å². The first kappa shape index (κ1) is 16.0. The predicted molar refractivity (Wildman–Crippen MR) is 77.6 cm³/mol. The van der Waals surface area contributed by atoms with Gasteiger partial charge < -0.3 is 10.1 Å². The van der Waals surface area contributed by atoms with E-state index in [-0.39, 0.29) is 17.5 Å². The standard InChI is InChI=1S/C16H22F3NO/c1-10-4-5-11(2)15(8-10)20-14-7-6-12(21-3)9-13(14)16(17,18)19/h6-7,9-11,15,20H,4-5,8H2,1-3H3. The van der Waals surface area contributed by atoms with Gasteiger partial charge in [0.25, 0.3) is 0 Å². The van der Waals surface area contributed by atoms with Crippen molar-refractivity contribution in [3.05, 3.63) is 23.8 Å². The van der Waals surface area contributed by atoms with E-state index >= 15 is 0 Å². The van der Waals surface area contributed by atoms with Crippen LogP contribution in [0.3, 0.4) is 0 Å². The lowest BCUT2D eigenvalue weighted by Crippen LogP contribution is -2.34. The third kappa shape index (κ3) is 3.83. The Morgan fingerprint density at radius 2 is 1.90 bits per heavy atom. The van der Waals surface area contributed by atoms with Gasteiger partial charge in [-0.25, -0.2) is 0 Å². The van der Waals surface area contributed by atoms with Crippen LogP contribution in [0.5, 0.6) is 5.75 Å². The van der Waals surface area contributed by atoms with Crippen molar-refractivity contribution in [3.8, 4) is 5.75 Å². The van der Waals surface area contributed by atoms with Gasteiger partial charge in [-0.1, -0.05) is 20.3 Å². The summed E-state index contributed by atoms with van der Waals surface area (Å²) in [6.45, 7) is 4.25. The molecule has 1 fully saturated rings. The molecule has 2 nitrogen and oxygen atoms in total. The van der Waals surface area contributed by atoms with E-state index in [9.17, 15) is 13.2 Å². The molecule has 1 aromatic rings. The van der Waals surface area contributed by atoms with Crippen LogP contribution in [0.15, 0.2) is 18.2 Å². The number of ether oxygens (including phenoxy) is 1. The highest BCUT2D eigenvalue weighted by molar-refractivity contribution is 5.56. The molecule has 3 unspecified atom stereocenters. The average Bonchev–Trinajstić information content (AvgIpc) is 2.42. The number of hydrogen-bond donors (Lipinski definition) is 1. The van der Waals surface area contributed by atoms with E-state index in [0.29, 0.717) is 11.8 Å². The molecule has 3 atom stereocenters. The van der Waals surface area contributed by atoms with Crippen LogP contribution in [0.1, 0.15) is 38.7 Å². The summed E-state index contributed by atoms with van der Waals surface area (Å²) in [7, 11) is 1.37. The van der Waals surface area contributed by atoms with Crippen LogP contribution in [0.2, 0.25) is 0 Å². The van der Waals surface area contributed by atoms with Gasteiger partial charge in [-0.05, 0) is 42.9 Å². The largest absolute Gasteiger partial charge is 0.497 e. The van der Waals surface area contributed by atoms with Gasteiger partial charge in [-0.15, -0.1) is 0 Å². The minimum atomic E-state index is -4.39. The van der Waals surface area contributed by atoms with E-state index in [0.717, 1.165) is 25.3 Å². The first-order chi connectivity index (χ1) is 9.81.